The highest BCUT2D eigenvalue weighted by Crippen LogP contribution is 2.02. The molecule has 0 atom stereocenters. The Hall–Kier alpha value is -1.40. The van der Waals surface area contributed by atoms with E-state index in [1.807, 2.05) is 0 Å². The number of nitrogens with one attached hydrogen (secondary N) is 2. The van der Waals surface area contributed by atoms with Gasteiger partial charge in [0.2, 0.25) is 5.76 Å². The van der Waals surface area contributed by atoms with Crippen molar-refractivity contribution in [2.45, 2.75) is 6.54 Å². The van der Waals surface area contributed by atoms with Crippen LogP contribution in [-0.4, -0.2) is 23.3 Å². The number of carbonyl (C=O) groups excluding carboxylic acids is 1. The van der Waals surface area contributed by atoms with Crippen molar-refractivity contribution in [3.05, 3.63) is 17.5 Å². The fraction of sp³-hybridized carbons (Fsp3) is 0.333. The fourth-order valence-corrected chi connectivity index (χ4v) is 0.738. The topological polar surface area (TPSA) is 87.4 Å². The molecule has 6 nitrogen and oxygen atoms in total. The van der Waals surface area contributed by atoms with Crippen molar-refractivity contribution in [1.82, 2.24) is 16.0 Å². The second kappa shape index (κ2) is 3.84. The van der Waals surface area contributed by atoms with Crippen LogP contribution in [0.2, 0.25) is 0 Å². The Kier molecular flexibility index (Phi) is 2.78. The van der Waals surface area contributed by atoms with Crippen LogP contribution in [-0.2, 0) is 6.54 Å². The minimum atomic E-state index is -0.704. The average Bonchev–Trinajstić information content (AvgIpc) is 2.52. The molecular weight excluding hydrogens is 162 g/mol. The number of hydrogen-bond acceptors (Lipinski definition) is 5. The van der Waals surface area contributed by atoms with Gasteiger partial charge in [0.1, 0.15) is 0 Å². The van der Waals surface area contributed by atoms with Crippen molar-refractivity contribution >= 4 is 5.91 Å². The van der Waals surface area contributed by atoms with E-state index < -0.39 is 5.91 Å². The summed E-state index contributed by atoms with van der Waals surface area (Å²) in [5.74, 6) is -0.715. The maximum atomic E-state index is 10.7. The molecule has 0 saturated carbocycles. The zero-order valence-electron chi connectivity index (χ0n) is 6.50. The summed E-state index contributed by atoms with van der Waals surface area (Å²) in [5, 5.41) is 14.6. The number of nitrogens with zero attached hydrogens (tertiary/aromatic N) is 1. The fourth-order valence-electron chi connectivity index (χ4n) is 0.738. The van der Waals surface area contributed by atoms with Crippen LogP contribution >= 0.6 is 0 Å². The van der Waals surface area contributed by atoms with Gasteiger partial charge in [0, 0.05) is 12.6 Å². The summed E-state index contributed by atoms with van der Waals surface area (Å²) in [5.41, 5.74) is 2.05. The van der Waals surface area contributed by atoms with Crippen LogP contribution in [0.15, 0.2) is 10.6 Å². The highest BCUT2D eigenvalue weighted by atomic mass is 16.5. The third-order valence-electron chi connectivity index (χ3n) is 1.24. The molecule has 0 unspecified atom stereocenters. The Bertz CT molecular complexity index is 271. The predicted octanol–water partition coefficient (Wildman–Crippen LogP) is -0.487. The van der Waals surface area contributed by atoms with Gasteiger partial charge in [-0.25, -0.2) is 5.48 Å². The van der Waals surface area contributed by atoms with Gasteiger partial charge in [-0.05, 0) is 7.05 Å². The van der Waals surface area contributed by atoms with E-state index in [0.717, 1.165) is 0 Å². The number of rotatable bonds is 3. The summed E-state index contributed by atoms with van der Waals surface area (Å²) in [6.07, 6.45) is 0. The van der Waals surface area contributed by atoms with Crippen molar-refractivity contribution in [1.29, 1.82) is 0 Å². The van der Waals surface area contributed by atoms with E-state index in [4.69, 9.17) is 5.21 Å². The van der Waals surface area contributed by atoms with Crippen LogP contribution < -0.4 is 10.8 Å². The molecule has 1 aromatic heterocycles. The molecule has 0 radical (unpaired) electrons. The lowest BCUT2D eigenvalue weighted by Crippen LogP contribution is -2.17. The molecule has 0 aliphatic rings. The summed E-state index contributed by atoms with van der Waals surface area (Å²) in [6.45, 7) is 0.516. The molecule has 3 N–H and O–H groups in total. The predicted molar refractivity (Wildman–Crippen MR) is 38.5 cm³/mol. The number of amides is 1. The standard InChI is InChI=1S/C6H9N3O3/c1-7-3-4-2-5(12-9-4)6(10)8-11/h2,7,11H,3H2,1H3,(H,8,10). The molecule has 6 heteroatoms. The smallest absolute Gasteiger partial charge is 0.313 e. The second-order valence-electron chi connectivity index (χ2n) is 2.15. The molecule has 1 heterocycles. The van der Waals surface area contributed by atoms with E-state index in [-0.39, 0.29) is 5.76 Å². The van der Waals surface area contributed by atoms with Gasteiger partial charge in [0.25, 0.3) is 0 Å². The highest BCUT2D eigenvalue weighted by Gasteiger charge is 2.10. The minimum absolute atomic E-state index is 0.0113. The van der Waals surface area contributed by atoms with E-state index in [1.165, 1.54) is 11.5 Å². The van der Waals surface area contributed by atoms with Gasteiger partial charge < -0.3 is 9.84 Å². The van der Waals surface area contributed by atoms with E-state index in [9.17, 15) is 4.79 Å². The van der Waals surface area contributed by atoms with E-state index in [2.05, 4.69) is 15.0 Å². The van der Waals surface area contributed by atoms with Crippen molar-refractivity contribution in [3.8, 4) is 0 Å². The molecule has 0 aliphatic heterocycles. The molecule has 66 valence electrons. The third kappa shape index (κ3) is 1.80. The van der Waals surface area contributed by atoms with Crippen molar-refractivity contribution in [3.63, 3.8) is 0 Å². The van der Waals surface area contributed by atoms with Crippen LogP contribution in [0.3, 0.4) is 0 Å². The molecule has 0 aliphatic carbocycles. The van der Waals surface area contributed by atoms with Gasteiger partial charge in [0.05, 0.1) is 5.69 Å². The molecular formula is C6H9N3O3. The zero-order valence-corrected chi connectivity index (χ0v) is 6.50. The molecule has 0 aromatic carbocycles. The van der Waals surface area contributed by atoms with E-state index in [0.29, 0.717) is 12.2 Å². The maximum absolute atomic E-state index is 10.7. The summed E-state index contributed by atoms with van der Waals surface area (Å²) < 4.78 is 4.61. The normalized spacial score (nSPS) is 9.83. The first-order chi connectivity index (χ1) is 5.77. The van der Waals surface area contributed by atoms with Gasteiger partial charge in [-0.15, -0.1) is 0 Å². The lowest BCUT2D eigenvalue weighted by molar-refractivity contribution is 0.0667. The van der Waals surface area contributed by atoms with Gasteiger partial charge >= 0.3 is 5.91 Å². The monoisotopic (exact) mass is 171 g/mol. The van der Waals surface area contributed by atoms with Crippen LogP contribution in [0.1, 0.15) is 16.2 Å². The van der Waals surface area contributed by atoms with Gasteiger partial charge in [0.15, 0.2) is 0 Å². The number of hydroxylamine groups is 1. The first kappa shape index (κ1) is 8.69. The molecule has 1 amide bonds. The zero-order chi connectivity index (χ0) is 8.97. The van der Waals surface area contributed by atoms with Crippen molar-refractivity contribution in [2.75, 3.05) is 7.05 Å². The Morgan fingerprint density at radius 2 is 2.58 bits per heavy atom. The molecule has 0 fully saturated rings. The summed E-state index contributed by atoms with van der Waals surface area (Å²) in [7, 11) is 1.75. The number of aromatic nitrogens is 1. The molecule has 0 saturated heterocycles. The number of hydrogen-bond donors (Lipinski definition) is 3. The first-order valence-corrected chi connectivity index (χ1v) is 3.32. The third-order valence-corrected chi connectivity index (χ3v) is 1.24. The van der Waals surface area contributed by atoms with Crippen LogP contribution in [0.4, 0.5) is 0 Å². The maximum Gasteiger partial charge on any atom is 0.313 e. The molecule has 0 bridgehead atoms. The van der Waals surface area contributed by atoms with Gasteiger partial charge in [-0.2, -0.15) is 0 Å². The largest absolute Gasteiger partial charge is 0.351 e. The second-order valence-corrected chi connectivity index (χ2v) is 2.15. The summed E-state index contributed by atoms with van der Waals surface area (Å²) >= 11 is 0. The number of carbonyl (C=O) groups is 1. The lowest BCUT2D eigenvalue weighted by atomic mass is 10.3. The SMILES string of the molecule is CNCc1cc(C(=O)NO)on1. The van der Waals surface area contributed by atoms with Crippen LogP contribution in [0.25, 0.3) is 0 Å². The Labute approximate surface area is 68.5 Å². The lowest BCUT2D eigenvalue weighted by Gasteiger charge is -1.88. The summed E-state index contributed by atoms with van der Waals surface area (Å²) in [6, 6.07) is 1.45. The molecule has 12 heavy (non-hydrogen) atoms. The molecule has 1 rings (SSSR count). The quantitative estimate of drug-likeness (QED) is 0.422. The van der Waals surface area contributed by atoms with E-state index in [1.54, 1.807) is 7.05 Å². The van der Waals surface area contributed by atoms with Crippen molar-refractivity contribution in [2.24, 2.45) is 0 Å². The Morgan fingerprint density at radius 1 is 1.83 bits per heavy atom. The van der Waals surface area contributed by atoms with E-state index >= 15 is 0 Å². The van der Waals surface area contributed by atoms with Gasteiger partial charge in [-0.1, -0.05) is 5.16 Å². The average molecular weight is 171 g/mol. The Morgan fingerprint density at radius 3 is 3.17 bits per heavy atom. The van der Waals surface area contributed by atoms with Crippen molar-refractivity contribution < 1.29 is 14.5 Å². The molecule has 1 aromatic rings. The summed E-state index contributed by atoms with van der Waals surface area (Å²) in [4.78, 5) is 10.7. The van der Waals surface area contributed by atoms with Crippen LogP contribution in [0.5, 0.6) is 0 Å². The Balaban J connectivity index is 2.70. The van der Waals surface area contributed by atoms with Gasteiger partial charge in [-0.3, -0.25) is 10.0 Å². The molecule has 0 spiro atoms. The first-order valence-electron chi connectivity index (χ1n) is 3.32. The highest BCUT2D eigenvalue weighted by molar-refractivity contribution is 5.90. The minimum Gasteiger partial charge on any atom is -0.351 e. The van der Waals surface area contributed by atoms with Crippen LogP contribution in [0, 0.1) is 0 Å².